The van der Waals surface area contributed by atoms with Gasteiger partial charge in [-0.25, -0.2) is 14.1 Å². The second kappa shape index (κ2) is 8.78. The molecule has 1 aliphatic rings. The Balaban J connectivity index is 1.70. The molecule has 3 aromatic rings. The minimum absolute atomic E-state index is 0.298. The number of hydrogen-bond donors (Lipinski definition) is 2. The third-order valence-electron chi connectivity index (χ3n) is 5.06. The maximum Gasteiger partial charge on any atom is 0.140 e. The first-order chi connectivity index (χ1) is 14.7. The molecule has 6 nitrogen and oxygen atoms in total. The molecule has 0 spiro atoms. The van der Waals surface area contributed by atoms with E-state index in [9.17, 15) is 4.39 Å². The highest BCUT2D eigenvalue weighted by molar-refractivity contribution is 6.76. The molecule has 1 unspecified atom stereocenters. The predicted molar refractivity (Wildman–Crippen MR) is 126 cm³/mol. The number of pyridine rings is 1. The molecule has 4 rings (SSSR count). The van der Waals surface area contributed by atoms with Crippen LogP contribution in [0.25, 0.3) is 11.3 Å². The van der Waals surface area contributed by atoms with Gasteiger partial charge in [0.25, 0.3) is 0 Å². The average Bonchev–Trinajstić information content (AvgIpc) is 3.00. The fourth-order valence-electron chi connectivity index (χ4n) is 3.42. The quantitative estimate of drug-likeness (QED) is 0.248. The highest BCUT2D eigenvalue weighted by Gasteiger charge is 2.28. The number of halogens is 3. The van der Waals surface area contributed by atoms with Crippen molar-refractivity contribution >= 4 is 42.7 Å². The first-order valence-corrected chi connectivity index (χ1v) is 14.5. The van der Waals surface area contributed by atoms with Crippen molar-refractivity contribution in [2.45, 2.75) is 38.6 Å². The van der Waals surface area contributed by atoms with Gasteiger partial charge in [-0.2, -0.15) is 5.10 Å². The normalized spacial score (nSPS) is 15.5. The van der Waals surface area contributed by atoms with E-state index in [1.165, 1.54) is 6.07 Å². The van der Waals surface area contributed by atoms with Crippen molar-refractivity contribution in [3.05, 3.63) is 58.2 Å². The van der Waals surface area contributed by atoms with Gasteiger partial charge >= 0.3 is 0 Å². The van der Waals surface area contributed by atoms with Gasteiger partial charge in [0.1, 0.15) is 23.9 Å². The summed E-state index contributed by atoms with van der Waals surface area (Å²) in [5.74, 6) is -0.411. The van der Waals surface area contributed by atoms with Crippen LogP contribution in [0.1, 0.15) is 11.7 Å². The molecule has 31 heavy (non-hydrogen) atoms. The molecule has 0 aliphatic carbocycles. The summed E-state index contributed by atoms with van der Waals surface area (Å²) < 4.78 is 22.3. The molecule has 2 aromatic heterocycles. The van der Waals surface area contributed by atoms with Crippen molar-refractivity contribution in [3.8, 4) is 11.3 Å². The molecule has 0 fully saturated rings. The Hall–Kier alpha value is -2.13. The minimum atomic E-state index is -1.19. The Kier molecular flexibility index (Phi) is 6.25. The third kappa shape index (κ3) is 4.87. The van der Waals surface area contributed by atoms with Crippen molar-refractivity contribution in [1.29, 1.82) is 0 Å². The highest BCUT2D eigenvalue weighted by Crippen LogP contribution is 2.41. The van der Waals surface area contributed by atoms with Crippen LogP contribution in [0, 0.1) is 5.82 Å². The van der Waals surface area contributed by atoms with Gasteiger partial charge in [-0.1, -0.05) is 48.9 Å². The van der Waals surface area contributed by atoms with E-state index in [-0.39, 0.29) is 0 Å². The number of fused-ring (bicyclic) bond motifs is 3. The second-order valence-electron chi connectivity index (χ2n) is 8.66. The molecule has 1 aliphatic heterocycles. The number of nitrogens with zero attached hydrogens (tertiary/aromatic N) is 3. The summed E-state index contributed by atoms with van der Waals surface area (Å²) in [5.41, 5.74) is 3.30. The second-order valence-corrected chi connectivity index (χ2v) is 15.1. The molecule has 0 radical (unpaired) electrons. The molecule has 2 N–H and O–H groups in total. The van der Waals surface area contributed by atoms with E-state index in [4.69, 9.17) is 27.9 Å². The summed E-state index contributed by atoms with van der Waals surface area (Å²) in [6.45, 7) is 7.90. The molecular formula is C21H24Cl2FN5OSi. The van der Waals surface area contributed by atoms with Crippen LogP contribution in [0.2, 0.25) is 35.9 Å². The average molecular weight is 480 g/mol. The number of rotatable bonds is 6. The van der Waals surface area contributed by atoms with Crippen LogP contribution in [-0.2, 0) is 11.5 Å². The van der Waals surface area contributed by atoms with E-state index >= 15 is 0 Å². The number of nitrogens with one attached hydrogen (secondary N) is 2. The molecule has 0 bridgehead atoms. The molecule has 3 heterocycles. The van der Waals surface area contributed by atoms with Crippen molar-refractivity contribution in [1.82, 2.24) is 14.8 Å². The molecule has 0 saturated carbocycles. The lowest BCUT2D eigenvalue weighted by Crippen LogP contribution is -2.22. The molecule has 0 amide bonds. The summed E-state index contributed by atoms with van der Waals surface area (Å²) in [6, 6.07) is 7.44. The number of benzene rings is 1. The number of hydrogen-bond acceptors (Lipinski definition) is 5. The Morgan fingerprint density at radius 2 is 1.94 bits per heavy atom. The zero-order chi connectivity index (χ0) is 22.2. The standard InChI is InChI=1S/C21H24Cl2FN5OSi/c1-31(2,3)8-7-30-12-29-20-13-9-18(23)25-10-16(13)27-21(28-17(20)11-26-29)19-14(22)5-4-6-15(19)24/h4-6,9-11,21,27-28H,7-8,12H2,1-3H3. The van der Waals surface area contributed by atoms with Crippen molar-refractivity contribution in [2.24, 2.45) is 0 Å². The molecule has 0 saturated heterocycles. The monoisotopic (exact) mass is 479 g/mol. The van der Waals surface area contributed by atoms with Gasteiger partial charge in [-0.3, -0.25) is 0 Å². The van der Waals surface area contributed by atoms with Gasteiger partial charge in [0.15, 0.2) is 0 Å². The van der Waals surface area contributed by atoms with Crippen molar-refractivity contribution in [2.75, 3.05) is 17.2 Å². The fraction of sp³-hybridized carbons (Fsp3) is 0.333. The molecule has 1 atom stereocenters. The summed E-state index contributed by atoms with van der Waals surface area (Å²) >= 11 is 12.5. The summed E-state index contributed by atoms with van der Waals surface area (Å²) in [6.07, 6.45) is 2.70. The van der Waals surface area contributed by atoms with Gasteiger partial charge in [-0.15, -0.1) is 0 Å². The van der Waals surface area contributed by atoms with Crippen LogP contribution in [0.15, 0.2) is 36.7 Å². The number of anilines is 2. The SMILES string of the molecule is C[Si](C)(C)CCOCn1ncc2c1-c1cc(Cl)ncc1NC(c1c(F)cccc1Cl)N2. The van der Waals surface area contributed by atoms with Crippen LogP contribution in [0.5, 0.6) is 0 Å². The van der Waals surface area contributed by atoms with Gasteiger partial charge in [0, 0.05) is 25.8 Å². The van der Waals surface area contributed by atoms with E-state index in [2.05, 4.69) is 40.4 Å². The Bertz CT molecular complexity index is 1080. The zero-order valence-electron chi connectivity index (χ0n) is 17.5. The first-order valence-electron chi connectivity index (χ1n) is 9.99. The van der Waals surface area contributed by atoms with Gasteiger partial charge in [0.2, 0.25) is 0 Å². The van der Waals surface area contributed by atoms with Crippen LogP contribution < -0.4 is 10.6 Å². The molecule has 1 aromatic carbocycles. The highest BCUT2D eigenvalue weighted by atomic mass is 35.5. The van der Waals surface area contributed by atoms with Gasteiger partial charge in [0.05, 0.1) is 34.5 Å². The number of ether oxygens (including phenoxy) is 1. The first kappa shape index (κ1) is 22.1. The summed E-state index contributed by atoms with van der Waals surface area (Å²) in [5, 5.41) is 11.8. The van der Waals surface area contributed by atoms with E-state index in [0.717, 1.165) is 17.3 Å². The summed E-state index contributed by atoms with van der Waals surface area (Å²) in [7, 11) is -1.19. The minimum Gasteiger partial charge on any atom is -0.360 e. The number of aromatic nitrogens is 3. The Morgan fingerprint density at radius 1 is 1.16 bits per heavy atom. The maximum absolute atomic E-state index is 14.7. The van der Waals surface area contributed by atoms with Crippen LogP contribution in [-0.4, -0.2) is 29.4 Å². The van der Waals surface area contributed by atoms with Crippen molar-refractivity contribution < 1.29 is 9.13 Å². The van der Waals surface area contributed by atoms with Gasteiger partial charge in [-0.05, 0) is 24.2 Å². The fourth-order valence-corrected chi connectivity index (χ4v) is 4.61. The Labute approximate surface area is 191 Å². The summed E-state index contributed by atoms with van der Waals surface area (Å²) in [4.78, 5) is 4.19. The lowest BCUT2D eigenvalue weighted by molar-refractivity contribution is 0.0798. The molecule has 10 heteroatoms. The van der Waals surface area contributed by atoms with Gasteiger partial charge < -0.3 is 15.4 Å². The topological polar surface area (TPSA) is 64.0 Å². The van der Waals surface area contributed by atoms with Crippen LogP contribution in [0.4, 0.5) is 15.8 Å². The van der Waals surface area contributed by atoms with Crippen LogP contribution in [0.3, 0.4) is 0 Å². The third-order valence-corrected chi connectivity index (χ3v) is 7.30. The predicted octanol–water partition coefficient (Wildman–Crippen LogP) is 6.24. The van der Waals surface area contributed by atoms with E-state index in [1.54, 1.807) is 35.3 Å². The van der Waals surface area contributed by atoms with E-state index < -0.39 is 20.1 Å². The van der Waals surface area contributed by atoms with E-state index in [0.29, 0.717) is 40.5 Å². The lowest BCUT2D eigenvalue weighted by atomic mass is 10.1. The molecular weight excluding hydrogens is 456 g/mol. The molecule has 164 valence electrons. The maximum atomic E-state index is 14.7. The van der Waals surface area contributed by atoms with E-state index in [1.807, 2.05) is 0 Å². The lowest BCUT2D eigenvalue weighted by Gasteiger charge is -2.21. The Morgan fingerprint density at radius 3 is 2.68 bits per heavy atom. The van der Waals surface area contributed by atoms with Crippen LogP contribution >= 0.6 is 23.2 Å². The largest absolute Gasteiger partial charge is 0.360 e. The zero-order valence-corrected chi connectivity index (χ0v) is 20.1. The van der Waals surface area contributed by atoms with Crippen molar-refractivity contribution in [3.63, 3.8) is 0 Å². The smallest absolute Gasteiger partial charge is 0.140 e.